The van der Waals surface area contributed by atoms with Gasteiger partial charge in [0, 0.05) is 6.42 Å². The van der Waals surface area contributed by atoms with Crippen molar-refractivity contribution in [3.63, 3.8) is 0 Å². The summed E-state index contributed by atoms with van der Waals surface area (Å²) in [6, 6.07) is -0.857. The number of aliphatic hydroxyl groups excluding tert-OH is 4. The summed E-state index contributed by atoms with van der Waals surface area (Å²) in [7, 11) is -5.08. The zero-order chi connectivity index (χ0) is 61.8. The molecule has 506 valence electrons. The maximum Gasteiger partial charge on any atom is 0.397 e. The maximum atomic E-state index is 13.2. The molecule has 0 saturated carbocycles. The topological polar surface area (TPSA) is 192 Å². The number of hydrogen-bond donors (Lipinski definition) is 6. The first-order valence-electron chi connectivity index (χ1n) is 37.1. The second kappa shape index (κ2) is 61.7. The third kappa shape index (κ3) is 53.2. The normalized spacial score (nSPS) is 18.2. The number of unbranched alkanes of at least 4 members (excludes halogenated alkanes) is 53. The molecular formula is C72H141NO11S. The summed E-state index contributed by atoms with van der Waals surface area (Å²) in [6.45, 7) is 3.53. The minimum absolute atomic E-state index is 0.221. The van der Waals surface area contributed by atoms with Gasteiger partial charge in [-0.15, -0.1) is 0 Å². The fourth-order valence-electron chi connectivity index (χ4n) is 12.4. The Labute approximate surface area is 525 Å². The molecule has 0 aromatic carbocycles. The van der Waals surface area contributed by atoms with E-state index in [2.05, 4.69) is 35.5 Å². The minimum Gasteiger partial charge on any atom is -0.394 e. The first-order valence-corrected chi connectivity index (χ1v) is 38.4. The highest BCUT2D eigenvalue weighted by atomic mass is 32.3. The van der Waals surface area contributed by atoms with Crippen molar-refractivity contribution in [2.24, 2.45) is 0 Å². The smallest absolute Gasteiger partial charge is 0.394 e. The monoisotopic (exact) mass is 1230 g/mol. The van der Waals surface area contributed by atoms with Gasteiger partial charge in [0.25, 0.3) is 0 Å². The van der Waals surface area contributed by atoms with Crippen molar-refractivity contribution in [3.05, 3.63) is 12.2 Å². The third-order valence-corrected chi connectivity index (χ3v) is 18.5. The lowest BCUT2D eigenvalue weighted by Crippen LogP contribution is -2.61. The van der Waals surface area contributed by atoms with Crippen LogP contribution in [0, 0.1) is 0 Å². The van der Waals surface area contributed by atoms with Crippen molar-refractivity contribution in [2.75, 3.05) is 13.2 Å². The predicted octanol–water partition coefficient (Wildman–Crippen LogP) is 19.7. The summed E-state index contributed by atoms with van der Waals surface area (Å²) < 4.78 is 48.1. The van der Waals surface area contributed by atoms with Crippen LogP contribution in [-0.2, 0) is 28.9 Å². The Kier molecular flexibility index (Phi) is 59.4. The summed E-state index contributed by atoms with van der Waals surface area (Å²) in [5.74, 6) is -0.221. The van der Waals surface area contributed by atoms with Gasteiger partial charge in [-0.1, -0.05) is 353 Å². The quantitative estimate of drug-likeness (QED) is 0.0193. The number of ether oxygens (including phenoxy) is 2. The molecule has 7 atom stereocenters. The molecule has 7 unspecified atom stereocenters. The number of rotatable bonds is 67. The number of aliphatic hydroxyl groups is 4. The van der Waals surface area contributed by atoms with Crippen molar-refractivity contribution >= 4 is 16.3 Å². The Bertz CT molecular complexity index is 1540. The van der Waals surface area contributed by atoms with E-state index in [0.717, 1.165) is 51.4 Å². The summed E-state index contributed by atoms with van der Waals surface area (Å²) in [5.41, 5.74) is 0. The average molecular weight is 1230 g/mol. The van der Waals surface area contributed by atoms with Gasteiger partial charge in [-0.05, 0) is 38.5 Å². The Morgan fingerprint density at radius 3 is 1.06 bits per heavy atom. The number of carbonyl (C=O) groups excluding carboxylic acids is 1. The summed E-state index contributed by atoms with van der Waals surface area (Å²) in [5, 5.41) is 45.3. The highest BCUT2D eigenvalue weighted by Crippen LogP contribution is 2.27. The Hall–Kier alpha value is -1.16. The van der Waals surface area contributed by atoms with E-state index in [4.69, 9.17) is 9.47 Å². The van der Waals surface area contributed by atoms with Crippen LogP contribution in [0.25, 0.3) is 0 Å². The van der Waals surface area contributed by atoms with Gasteiger partial charge in [0.2, 0.25) is 5.91 Å². The second-order valence-corrected chi connectivity index (χ2v) is 27.3. The Morgan fingerprint density at radius 2 is 0.753 bits per heavy atom. The third-order valence-electron chi connectivity index (χ3n) is 18.1. The van der Waals surface area contributed by atoms with Gasteiger partial charge in [0.15, 0.2) is 6.29 Å². The lowest BCUT2D eigenvalue weighted by Gasteiger charge is -2.41. The molecule has 1 saturated heterocycles. The van der Waals surface area contributed by atoms with Gasteiger partial charge in [-0.3, -0.25) is 9.35 Å². The lowest BCUT2D eigenvalue weighted by molar-refractivity contribution is -0.298. The highest BCUT2D eigenvalue weighted by molar-refractivity contribution is 7.80. The average Bonchev–Trinajstić information content (AvgIpc) is 3.31. The van der Waals surface area contributed by atoms with E-state index >= 15 is 0 Å². The van der Waals surface area contributed by atoms with Crippen molar-refractivity contribution in [3.8, 4) is 0 Å². The van der Waals surface area contributed by atoms with Crippen LogP contribution >= 0.6 is 0 Å². The molecule has 0 aromatic rings. The van der Waals surface area contributed by atoms with Crippen LogP contribution in [0.5, 0.6) is 0 Å². The molecule has 1 aliphatic rings. The predicted molar refractivity (Wildman–Crippen MR) is 356 cm³/mol. The van der Waals surface area contributed by atoms with Crippen LogP contribution in [0.2, 0.25) is 0 Å². The maximum absolute atomic E-state index is 13.2. The van der Waals surface area contributed by atoms with Crippen LogP contribution in [0.15, 0.2) is 12.2 Å². The molecule has 0 aromatic heterocycles. The van der Waals surface area contributed by atoms with Gasteiger partial charge in [-0.25, -0.2) is 4.18 Å². The van der Waals surface area contributed by atoms with E-state index < -0.39 is 59.9 Å². The van der Waals surface area contributed by atoms with E-state index in [0.29, 0.717) is 12.8 Å². The number of allylic oxidation sites excluding steroid dienone is 2. The first-order chi connectivity index (χ1) is 41.5. The van der Waals surface area contributed by atoms with Crippen molar-refractivity contribution in [1.82, 2.24) is 5.32 Å². The number of amides is 1. The van der Waals surface area contributed by atoms with Gasteiger partial charge in [-0.2, -0.15) is 8.42 Å². The van der Waals surface area contributed by atoms with Crippen LogP contribution in [0.3, 0.4) is 0 Å². The zero-order valence-corrected chi connectivity index (χ0v) is 56.5. The number of hydrogen-bond acceptors (Lipinski definition) is 10. The first kappa shape index (κ1) is 81.9. The zero-order valence-electron chi connectivity index (χ0n) is 55.7. The lowest BCUT2D eigenvalue weighted by atomic mass is 9.99. The molecule has 0 radical (unpaired) electrons. The van der Waals surface area contributed by atoms with E-state index in [9.17, 15) is 38.2 Å². The van der Waals surface area contributed by atoms with Crippen LogP contribution in [-0.4, -0.2) is 95.4 Å². The molecule has 1 fully saturated rings. The van der Waals surface area contributed by atoms with E-state index in [-0.39, 0.29) is 12.5 Å². The SMILES string of the molecule is CCCCCCCCCCCCCCCCCCCC/C=C\CCCCCCCCCCCCCCCCCCCC(=O)NC(COC1OC(CO)C(O)C(OS(=O)(=O)O)C1O)C(O)CCCCCCCCCCCCCCCCCCCCC. The molecule has 1 aliphatic heterocycles. The highest BCUT2D eigenvalue weighted by Gasteiger charge is 2.48. The van der Waals surface area contributed by atoms with Gasteiger partial charge in [0.05, 0.1) is 25.4 Å². The fourth-order valence-corrected chi connectivity index (χ4v) is 12.9. The van der Waals surface area contributed by atoms with Gasteiger partial charge >= 0.3 is 10.4 Å². The van der Waals surface area contributed by atoms with Gasteiger partial charge in [0.1, 0.15) is 24.4 Å². The molecule has 1 rings (SSSR count). The Balaban J connectivity index is 2.14. The molecule has 1 amide bonds. The number of carbonyl (C=O) groups is 1. The molecule has 0 spiro atoms. The molecular weight excluding hydrogens is 1090 g/mol. The molecule has 12 nitrogen and oxygen atoms in total. The van der Waals surface area contributed by atoms with Crippen molar-refractivity contribution in [2.45, 2.75) is 429 Å². The minimum atomic E-state index is -5.08. The molecule has 13 heteroatoms. The molecule has 6 N–H and O–H groups in total. The van der Waals surface area contributed by atoms with E-state index in [1.54, 1.807) is 0 Å². The molecule has 0 aliphatic carbocycles. The largest absolute Gasteiger partial charge is 0.397 e. The van der Waals surface area contributed by atoms with Gasteiger partial charge < -0.3 is 35.2 Å². The van der Waals surface area contributed by atoms with Crippen molar-refractivity contribution in [1.29, 1.82) is 0 Å². The van der Waals surface area contributed by atoms with E-state index in [1.165, 1.54) is 308 Å². The summed E-state index contributed by atoms with van der Waals surface area (Å²) in [4.78, 5) is 13.2. The van der Waals surface area contributed by atoms with Crippen LogP contribution < -0.4 is 5.32 Å². The molecule has 1 heterocycles. The standard InChI is InChI=1S/C72H141NO11S/c1-3-5-7-9-11-13-15-17-19-21-23-24-25-26-27-28-29-30-31-32-33-34-35-36-37-38-39-40-41-42-44-46-48-50-52-54-56-58-60-62-68(76)73-65(64-82-72-70(78)71(84-85(79,80)81)69(77)67(63-74)83-72)66(75)61-59-57-55-53-51-49-47-45-43-22-20-18-16-14-12-10-8-6-4-2/h32-33,65-67,69-72,74-75,77-78H,3-31,34-64H2,1-2H3,(H,73,76)(H,79,80,81)/b33-32-. The summed E-state index contributed by atoms with van der Waals surface area (Å²) >= 11 is 0. The second-order valence-electron chi connectivity index (χ2n) is 26.2. The van der Waals surface area contributed by atoms with Crippen LogP contribution in [0.1, 0.15) is 386 Å². The van der Waals surface area contributed by atoms with E-state index in [1.807, 2.05) is 0 Å². The van der Waals surface area contributed by atoms with Crippen molar-refractivity contribution < 1.29 is 51.8 Å². The summed E-state index contributed by atoms with van der Waals surface area (Å²) in [6.07, 6.45) is 69.9. The molecule has 0 bridgehead atoms. The van der Waals surface area contributed by atoms with Crippen LogP contribution in [0.4, 0.5) is 0 Å². The Morgan fingerprint density at radius 1 is 0.459 bits per heavy atom. The molecule has 85 heavy (non-hydrogen) atoms. The number of nitrogens with one attached hydrogen (secondary N) is 1. The fraction of sp³-hybridized carbons (Fsp3) is 0.958.